The highest BCUT2D eigenvalue weighted by Gasteiger charge is 2.18. The molecule has 0 N–H and O–H groups in total. The van der Waals surface area contributed by atoms with Crippen LogP contribution in [0.1, 0.15) is 22.1 Å². The quantitative estimate of drug-likeness (QED) is 0.720. The van der Waals surface area contributed by atoms with Gasteiger partial charge in [-0.25, -0.2) is 8.78 Å². The van der Waals surface area contributed by atoms with E-state index >= 15 is 0 Å². The number of rotatable bonds is 2. The summed E-state index contributed by atoms with van der Waals surface area (Å²) in [7, 11) is 0. The molecule has 0 fully saturated rings. The van der Waals surface area contributed by atoms with Crippen LogP contribution in [-0.2, 0) is 0 Å². The van der Waals surface area contributed by atoms with Crippen LogP contribution in [-0.4, -0.2) is 0 Å². The van der Waals surface area contributed by atoms with E-state index in [1.54, 1.807) is 6.07 Å². The van der Waals surface area contributed by atoms with Crippen LogP contribution >= 0.6 is 11.6 Å². The van der Waals surface area contributed by atoms with Crippen LogP contribution in [0.3, 0.4) is 0 Å². The van der Waals surface area contributed by atoms with E-state index in [-0.39, 0.29) is 11.1 Å². The summed E-state index contributed by atoms with van der Waals surface area (Å²) in [5.74, 6) is -0.981. The second-order valence-corrected chi connectivity index (χ2v) is 3.98. The molecule has 84 valence electrons. The zero-order chi connectivity index (χ0) is 11.7. The predicted octanol–water partition coefficient (Wildman–Crippen LogP) is 4.19. The van der Waals surface area contributed by atoms with Crippen molar-refractivity contribution < 1.29 is 13.2 Å². The Kier molecular flexibility index (Phi) is 2.97. The Morgan fingerprint density at radius 1 is 1.25 bits per heavy atom. The van der Waals surface area contributed by atoms with E-state index < -0.39 is 17.0 Å². The average Bonchev–Trinajstić information content (AvgIpc) is 2.75. The van der Waals surface area contributed by atoms with Gasteiger partial charge in [0.15, 0.2) is 0 Å². The molecule has 1 heterocycles. The minimum Gasteiger partial charge on any atom is -0.472 e. The maximum Gasteiger partial charge on any atom is 0.128 e. The van der Waals surface area contributed by atoms with Crippen LogP contribution in [0.4, 0.5) is 8.78 Å². The van der Waals surface area contributed by atoms with E-state index in [4.69, 9.17) is 16.0 Å². The van der Waals surface area contributed by atoms with Crippen molar-refractivity contribution in [2.75, 3.05) is 0 Å². The summed E-state index contributed by atoms with van der Waals surface area (Å²) in [6.45, 7) is 1.50. The van der Waals surface area contributed by atoms with Crippen molar-refractivity contribution >= 4 is 11.6 Å². The third-order valence-electron chi connectivity index (χ3n) is 2.39. The van der Waals surface area contributed by atoms with E-state index in [0.29, 0.717) is 5.56 Å². The molecule has 2 rings (SSSR count). The fraction of sp³-hybridized carbons (Fsp3) is 0.167. The van der Waals surface area contributed by atoms with Gasteiger partial charge in [-0.2, -0.15) is 0 Å². The number of halogens is 3. The van der Waals surface area contributed by atoms with Crippen LogP contribution in [0.2, 0.25) is 0 Å². The maximum atomic E-state index is 13.6. The lowest BCUT2D eigenvalue weighted by atomic mass is 10.0. The second kappa shape index (κ2) is 4.26. The first-order valence-corrected chi connectivity index (χ1v) is 5.15. The molecule has 0 saturated carbocycles. The Bertz CT molecular complexity index is 494. The smallest absolute Gasteiger partial charge is 0.128 e. The average molecular weight is 243 g/mol. The van der Waals surface area contributed by atoms with Gasteiger partial charge in [-0.3, -0.25) is 0 Å². The third-order valence-corrected chi connectivity index (χ3v) is 2.87. The van der Waals surface area contributed by atoms with Gasteiger partial charge in [-0.15, -0.1) is 11.6 Å². The Morgan fingerprint density at radius 2 is 2.00 bits per heavy atom. The summed E-state index contributed by atoms with van der Waals surface area (Å²) in [5, 5.41) is -0.742. The highest BCUT2D eigenvalue weighted by atomic mass is 35.5. The van der Waals surface area contributed by atoms with E-state index in [2.05, 4.69) is 0 Å². The molecule has 0 amide bonds. The Hall–Kier alpha value is -1.35. The van der Waals surface area contributed by atoms with Crippen molar-refractivity contribution in [1.29, 1.82) is 0 Å². The molecule has 4 heteroatoms. The summed E-state index contributed by atoms with van der Waals surface area (Å²) in [4.78, 5) is 0. The van der Waals surface area contributed by atoms with Gasteiger partial charge in [0.05, 0.1) is 17.9 Å². The molecule has 0 saturated heterocycles. The van der Waals surface area contributed by atoms with Gasteiger partial charge in [0.1, 0.15) is 11.6 Å². The molecule has 1 atom stereocenters. The summed E-state index contributed by atoms with van der Waals surface area (Å²) < 4.78 is 31.8. The summed E-state index contributed by atoms with van der Waals surface area (Å²) >= 11 is 6.04. The third kappa shape index (κ3) is 1.95. The summed E-state index contributed by atoms with van der Waals surface area (Å²) in [6.07, 6.45) is 2.85. The fourth-order valence-electron chi connectivity index (χ4n) is 1.45. The van der Waals surface area contributed by atoms with Crippen molar-refractivity contribution in [3.05, 3.63) is 59.1 Å². The first-order valence-electron chi connectivity index (χ1n) is 4.71. The SMILES string of the molecule is Cc1cc(F)c(C(Cl)c2ccoc2)cc1F. The molecular formula is C12H9ClF2O. The van der Waals surface area contributed by atoms with Crippen molar-refractivity contribution in [3.8, 4) is 0 Å². The van der Waals surface area contributed by atoms with Crippen molar-refractivity contribution in [2.45, 2.75) is 12.3 Å². The second-order valence-electron chi connectivity index (χ2n) is 3.54. The lowest BCUT2D eigenvalue weighted by molar-refractivity contribution is 0.561. The lowest BCUT2D eigenvalue weighted by Crippen LogP contribution is -1.98. The predicted molar refractivity (Wildman–Crippen MR) is 57.5 cm³/mol. The van der Waals surface area contributed by atoms with Crippen molar-refractivity contribution in [2.24, 2.45) is 0 Å². The number of hydrogen-bond donors (Lipinski definition) is 0. The minimum atomic E-state index is -0.742. The molecule has 0 aliphatic carbocycles. The van der Waals surface area contributed by atoms with Gasteiger partial charge in [0.2, 0.25) is 0 Å². The van der Waals surface area contributed by atoms with Crippen LogP contribution in [0.5, 0.6) is 0 Å². The van der Waals surface area contributed by atoms with Crippen molar-refractivity contribution in [1.82, 2.24) is 0 Å². The van der Waals surface area contributed by atoms with Crippen LogP contribution in [0.15, 0.2) is 35.1 Å². The molecule has 0 spiro atoms. The van der Waals surface area contributed by atoms with Gasteiger partial charge in [0, 0.05) is 11.1 Å². The Balaban J connectivity index is 2.44. The first kappa shape index (κ1) is 11.1. The van der Waals surface area contributed by atoms with Gasteiger partial charge < -0.3 is 4.42 Å². The van der Waals surface area contributed by atoms with E-state index in [1.165, 1.54) is 19.5 Å². The molecule has 1 unspecified atom stereocenters. The number of alkyl halides is 1. The molecule has 1 aromatic heterocycles. The molecule has 0 radical (unpaired) electrons. The van der Waals surface area contributed by atoms with Gasteiger partial charge in [-0.05, 0) is 30.7 Å². The molecular weight excluding hydrogens is 234 g/mol. The molecule has 0 aliphatic heterocycles. The zero-order valence-electron chi connectivity index (χ0n) is 8.51. The number of furan rings is 1. The van der Waals surface area contributed by atoms with Gasteiger partial charge in [0.25, 0.3) is 0 Å². The molecule has 0 aliphatic rings. The molecule has 2 aromatic rings. The number of benzene rings is 1. The summed E-state index contributed by atoms with van der Waals surface area (Å²) in [5.41, 5.74) is 0.979. The molecule has 0 bridgehead atoms. The number of aryl methyl sites for hydroxylation is 1. The number of hydrogen-bond acceptors (Lipinski definition) is 1. The maximum absolute atomic E-state index is 13.6. The van der Waals surface area contributed by atoms with Crippen LogP contribution < -0.4 is 0 Å². The fourth-order valence-corrected chi connectivity index (χ4v) is 1.75. The van der Waals surface area contributed by atoms with Gasteiger partial charge >= 0.3 is 0 Å². The molecule has 16 heavy (non-hydrogen) atoms. The van der Waals surface area contributed by atoms with Crippen LogP contribution in [0.25, 0.3) is 0 Å². The minimum absolute atomic E-state index is 0.117. The summed E-state index contributed by atoms with van der Waals surface area (Å²) in [6, 6.07) is 3.88. The largest absolute Gasteiger partial charge is 0.472 e. The van der Waals surface area contributed by atoms with E-state index in [0.717, 1.165) is 12.1 Å². The van der Waals surface area contributed by atoms with E-state index in [9.17, 15) is 8.78 Å². The van der Waals surface area contributed by atoms with E-state index in [1.807, 2.05) is 0 Å². The Morgan fingerprint density at radius 3 is 2.62 bits per heavy atom. The Labute approximate surface area is 96.6 Å². The zero-order valence-corrected chi connectivity index (χ0v) is 9.26. The van der Waals surface area contributed by atoms with Gasteiger partial charge in [-0.1, -0.05) is 0 Å². The van der Waals surface area contributed by atoms with Crippen LogP contribution in [0, 0.1) is 18.6 Å². The lowest BCUT2D eigenvalue weighted by Gasteiger charge is -2.10. The monoisotopic (exact) mass is 242 g/mol. The first-order chi connectivity index (χ1) is 7.59. The highest BCUT2D eigenvalue weighted by molar-refractivity contribution is 6.22. The topological polar surface area (TPSA) is 13.1 Å². The van der Waals surface area contributed by atoms with Crippen molar-refractivity contribution in [3.63, 3.8) is 0 Å². The molecule has 1 nitrogen and oxygen atoms in total. The molecule has 1 aromatic carbocycles. The standard InChI is InChI=1S/C12H9ClF2O/c1-7-4-11(15)9(5-10(7)14)12(13)8-2-3-16-6-8/h2-6,12H,1H3. The highest BCUT2D eigenvalue weighted by Crippen LogP contribution is 2.31. The normalized spacial score (nSPS) is 12.8.